The van der Waals surface area contributed by atoms with Crippen LogP contribution in [0.3, 0.4) is 0 Å². The molecule has 1 fully saturated rings. The number of aromatic nitrogens is 2. The number of hydrogen-bond donors (Lipinski definition) is 1. The van der Waals surface area contributed by atoms with Gasteiger partial charge >= 0.3 is 0 Å². The van der Waals surface area contributed by atoms with Crippen LogP contribution in [-0.2, 0) is 16.1 Å². The second-order valence-electron chi connectivity index (χ2n) is 5.71. The maximum absolute atomic E-state index is 12.3. The monoisotopic (exact) mass is 310 g/mol. The van der Waals surface area contributed by atoms with Crippen molar-refractivity contribution in [1.29, 1.82) is 0 Å². The van der Waals surface area contributed by atoms with Crippen LogP contribution in [0, 0.1) is 12.8 Å². The summed E-state index contributed by atoms with van der Waals surface area (Å²) >= 11 is 0. The standard InChI is InChI=1S/C17H18N4O2/c1-12-5-6-15(19-9-12)20-17(23)13-8-16(22)21(10-13)11-14-4-2-3-7-18-14/h2-7,9,13H,8,10-11H2,1H3,(H,19,20,23)/t13-/m0/s1. The smallest absolute Gasteiger partial charge is 0.230 e. The molecule has 2 aromatic rings. The lowest BCUT2D eigenvalue weighted by Crippen LogP contribution is -2.28. The molecule has 0 unspecified atom stereocenters. The van der Waals surface area contributed by atoms with E-state index in [1.54, 1.807) is 23.4 Å². The number of likely N-dealkylation sites (tertiary alicyclic amines) is 1. The number of pyridine rings is 2. The fourth-order valence-electron chi connectivity index (χ4n) is 2.56. The summed E-state index contributed by atoms with van der Waals surface area (Å²) in [5, 5.41) is 2.77. The molecule has 3 heterocycles. The maximum atomic E-state index is 12.3. The molecule has 118 valence electrons. The lowest BCUT2D eigenvalue weighted by atomic mass is 10.1. The molecule has 2 aromatic heterocycles. The molecule has 0 spiro atoms. The van der Waals surface area contributed by atoms with E-state index in [4.69, 9.17) is 0 Å². The van der Waals surface area contributed by atoms with Crippen LogP contribution in [0.4, 0.5) is 5.82 Å². The fourth-order valence-corrected chi connectivity index (χ4v) is 2.56. The molecule has 2 amide bonds. The molecule has 6 heteroatoms. The van der Waals surface area contributed by atoms with Crippen LogP contribution in [0.25, 0.3) is 0 Å². The number of carbonyl (C=O) groups excluding carboxylic acids is 2. The predicted molar refractivity (Wildman–Crippen MR) is 85.4 cm³/mol. The number of nitrogens with one attached hydrogen (secondary N) is 1. The summed E-state index contributed by atoms with van der Waals surface area (Å²) in [5.41, 5.74) is 1.85. The first-order valence-electron chi connectivity index (χ1n) is 7.53. The Morgan fingerprint density at radius 1 is 1.30 bits per heavy atom. The van der Waals surface area contributed by atoms with Crippen molar-refractivity contribution in [3.05, 3.63) is 54.0 Å². The van der Waals surface area contributed by atoms with Crippen molar-refractivity contribution in [2.45, 2.75) is 19.9 Å². The Morgan fingerprint density at radius 2 is 2.17 bits per heavy atom. The summed E-state index contributed by atoms with van der Waals surface area (Å²) in [7, 11) is 0. The molecule has 6 nitrogen and oxygen atoms in total. The highest BCUT2D eigenvalue weighted by Gasteiger charge is 2.34. The number of hydrogen-bond acceptors (Lipinski definition) is 4. The third-order valence-electron chi connectivity index (χ3n) is 3.83. The molecule has 0 radical (unpaired) electrons. The Bertz CT molecular complexity index is 700. The van der Waals surface area contributed by atoms with Gasteiger partial charge in [-0.2, -0.15) is 0 Å². The Kier molecular flexibility index (Phi) is 4.32. The van der Waals surface area contributed by atoms with Gasteiger partial charge < -0.3 is 10.2 Å². The fraction of sp³-hybridized carbons (Fsp3) is 0.294. The largest absolute Gasteiger partial charge is 0.336 e. The van der Waals surface area contributed by atoms with Crippen LogP contribution in [-0.4, -0.2) is 33.2 Å². The molecule has 1 atom stereocenters. The number of nitrogens with zero attached hydrogens (tertiary/aromatic N) is 3. The van der Waals surface area contributed by atoms with E-state index in [1.807, 2.05) is 31.2 Å². The van der Waals surface area contributed by atoms with E-state index in [-0.39, 0.29) is 24.2 Å². The average molecular weight is 310 g/mol. The Morgan fingerprint density at radius 3 is 2.87 bits per heavy atom. The van der Waals surface area contributed by atoms with Gasteiger partial charge in [0.2, 0.25) is 11.8 Å². The van der Waals surface area contributed by atoms with E-state index < -0.39 is 0 Å². The molecule has 1 aliphatic heterocycles. The van der Waals surface area contributed by atoms with Gasteiger partial charge in [-0.3, -0.25) is 14.6 Å². The van der Waals surface area contributed by atoms with Gasteiger partial charge in [-0.15, -0.1) is 0 Å². The Balaban J connectivity index is 1.60. The Hall–Kier alpha value is -2.76. The van der Waals surface area contributed by atoms with Crippen molar-refractivity contribution in [3.8, 4) is 0 Å². The number of anilines is 1. The molecule has 1 N–H and O–H groups in total. The van der Waals surface area contributed by atoms with Gasteiger partial charge in [0.05, 0.1) is 18.2 Å². The molecular formula is C17H18N4O2. The highest BCUT2D eigenvalue weighted by molar-refractivity contribution is 5.96. The van der Waals surface area contributed by atoms with Crippen molar-refractivity contribution in [1.82, 2.24) is 14.9 Å². The number of amides is 2. The molecule has 3 rings (SSSR count). The van der Waals surface area contributed by atoms with Crippen molar-refractivity contribution >= 4 is 17.6 Å². The van der Waals surface area contributed by atoms with Gasteiger partial charge in [0.25, 0.3) is 0 Å². The first-order chi connectivity index (χ1) is 11.1. The second-order valence-corrected chi connectivity index (χ2v) is 5.71. The summed E-state index contributed by atoms with van der Waals surface area (Å²) in [6.45, 7) is 2.78. The predicted octanol–water partition coefficient (Wildman–Crippen LogP) is 1.77. The van der Waals surface area contributed by atoms with Crippen LogP contribution in [0.1, 0.15) is 17.7 Å². The summed E-state index contributed by atoms with van der Waals surface area (Å²) in [6.07, 6.45) is 3.62. The summed E-state index contributed by atoms with van der Waals surface area (Å²) in [5.74, 6) is -0.0311. The van der Waals surface area contributed by atoms with Crippen molar-refractivity contribution < 1.29 is 9.59 Å². The minimum atomic E-state index is -0.352. The lowest BCUT2D eigenvalue weighted by Gasteiger charge is -2.16. The molecule has 0 bridgehead atoms. The number of rotatable bonds is 4. The first-order valence-corrected chi connectivity index (χ1v) is 7.53. The summed E-state index contributed by atoms with van der Waals surface area (Å²) in [6, 6.07) is 9.23. The zero-order valence-electron chi connectivity index (χ0n) is 12.9. The molecule has 0 aliphatic carbocycles. The highest BCUT2D eigenvalue weighted by Crippen LogP contribution is 2.21. The topological polar surface area (TPSA) is 75.2 Å². The Labute approximate surface area is 134 Å². The van der Waals surface area contributed by atoms with Crippen LogP contribution in [0.15, 0.2) is 42.7 Å². The molecule has 0 aromatic carbocycles. The third kappa shape index (κ3) is 3.71. The number of carbonyl (C=O) groups is 2. The third-order valence-corrected chi connectivity index (χ3v) is 3.83. The van der Waals surface area contributed by atoms with Crippen molar-refractivity contribution in [2.75, 3.05) is 11.9 Å². The maximum Gasteiger partial charge on any atom is 0.230 e. The van der Waals surface area contributed by atoms with Gasteiger partial charge in [-0.1, -0.05) is 12.1 Å². The van der Waals surface area contributed by atoms with E-state index in [9.17, 15) is 9.59 Å². The van der Waals surface area contributed by atoms with Gasteiger partial charge in [-0.05, 0) is 30.7 Å². The molecule has 23 heavy (non-hydrogen) atoms. The van der Waals surface area contributed by atoms with Crippen LogP contribution in [0.2, 0.25) is 0 Å². The van der Waals surface area contributed by atoms with E-state index >= 15 is 0 Å². The quantitative estimate of drug-likeness (QED) is 0.934. The van der Waals surface area contributed by atoms with Crippen molar-refractivity contribution in [3.63, 3.8) is 0 Å². The SMILES string of the molecule is Cc1ccc(NC(=O)[C@H]2CC(=O)N(Cc3ccccn3)C2)nc1. The van der Waals surface area contributed by atoms with Gasteiger partial charge in [0.15, 0.2) is 0 Å². The summed E-state index contributed by atoms with van der Waals surface area (Å²) in [4.78, 5) is 34.4. The van der Waals surface area contributed by atoms with Crippen molar-refractivity contribution in [2.24, 2.45) is 5.92 Å². The molecule has 1 saturated heterocycles. The van der Waals surface area contributed by atoms with Crippen LogP contribution in [0.5, 0.6) is 0 Å². The highest BCUT2D eigenvalue weighted by atomic mass is 16.2. The van der Waals surface area contributed by atoms with Gasteiger partial charge in [0.1, 0.15) is 5.82 Å². The molecular weight excluding hydrogens is 292 g/mol. The lowest BCUT2D eigenvalue weighted by molar-refractivity contribution is -0.128. The van der Waals surface area contributed by atoms with Crippen LogP contribution < -0.4 is 5.32 Å². The van der Waals surface area contributed by atoms with E-state index in [0.29, 0.717) is 18.9 Å². The molecule has 0 saturated carbocycles. The van der Waals surface area contributed by atoms with E-state index in [2.05, 4.69) is 15.3 Å². The average Bonchev–Trinajstić information content (AvgIpc) is 2.92. The molecule has 1 aliphatic rings. The first kappa shape index (κ1) is 15.1. The van der Waals surface area contributed by atoms with Gasteiger partial charge in [-0.25, -0.2) is 4.98 Å². The van der Waals surface area contributed by atoms with E-state index in [1.165, 1.54) is 0 Å². The number of aryl methyl sites for hydroxylation is 1. The summed E-state index contributed by atoms with van der Waals surface area (Å²) < 4.78 is 0. The second kappa shape index (κ2) is 6.56. The van der Waals surface area contributed by atoms with E-state index in [0.717, 1.165) is 11.3 Å². The minimum Gasteiger partial charge on any atom is -0.336 e. The van der Waals surface area contributed by atoms with Crippen LogP contribution >= 0.6 is 0 Å². The normalized spacial score (nSPS) is 17.3. The minimum absolute atomic E-state index is 0.0207. The van der Waals surface area contributed by atoms with Gasteiger partial charge in [0, 0.05) is 25.4 Å². The zero-order chi connectivity index (χ0) is 16.2. The zero-order valence-corrected chi connectivity index (χ0v) is 12.9.